The molecule has 0 unspecified atom stereocenters. The summed E-state index contributed by atoms with van der Waals surface area (Å²) in [4.78, 5) is 23.2. The molecule has 0 bridgehead atoms. The van der Waals surface area contributed by atoms with Gasteiger partial charge in [0.05, 0.1) is 5.92 Å². The van der Waals surface area contributed by atoms with E-state index in [1.807, 2.05) is 24.3 Å². The van der Waals surface area contributed by atoms with E-state index in [1.165, 1.54) is 0 Å². The minimum Gasteiger partial charge on any atom is -0.492 e. The molecule has 130 valence electrons. The summed E-state index contributed by atoms with van der Waals surface area (Å²) < 4.78 is 5.65. The van der Waals surface area contributed by atoms with Crippen LogP contribution >= 0.6 is 11.6 Å². The first-order valence-corrected chi connectivity index (χ1v) is 8.23. The summed E-state index contributed by atoms with van der Waals surface area (Å²) in [5.74, 6) is 0.470. The number of rotatable bonds is 4. The fraction of sp³-hybridized carbons (Fsp3) is 0.222. The summed E-state index contributed by atoms with van der Waals surface area (Å²) in [5.41, 5.74) is 7.53. The molecular formula is C18H18ClN3O3. The van der Waals surface area contributed by atoms with Crippen molar-refractivity contribution in [1.29, 1.82) is 0 Å². The molecule has 6 nitrogen and oxygen atoms in total. The number of urea groups is 1. The van der Waals surface area contributed by atoms with Crippen LogP contribution in [0, 0.1) is 5.92 Å². The number of halogens is 1. The molecule has 0 aliphatic carbocycles. The van der Waals surface area contributed by atoms with Crippen molar-refractivity contribution in [3.63, 3.8) is 0 Å². The third kappa shape index (κ3) is 4.42. The van der Waals surface area contributed by atoms with Crippen LogP contribution in [0.15, 0.2) is 42.5 Å². The molecule has 0 saturated carbocycles. The number of fused-ring (bicyclic) bond motifs is 1. The van der Waals surface area contributed by atoms with Gasteiger partial charge in [0.25, 0.3) is 0 Å². The molecule has 0 saturated heterocycles. The first-order chi connectivity index (χ1) is 12.0. The van der Waals surface area contributed by atoms with Crippen molar-refractivity contribution in [2.24, 2.45) is 11.7 Å². The molecule has 3 rings (SSSR count). The monoisotopic (exact) mass is 359 g/mol. The minimum absolute atomic E-state index is 0.0648. The van der Waals surface area contributed by atoms with Gasteiger partial charge in [-0.1, -0.05) is 23.7 Å². The lowest BCUT2D eigenvalue weighted by molar-refractivity contribution is -0.126. The summed E-state index contributed by atoms with van der Waals surface area (Å²) in [5, 5.41) is 6.03. The Kier molecular flexibility index (Phi) is 5.09. The van der Waals surface area contributed by atoms with Gasteiger partial charge in [-0.3, -0.25) is 4.79 Å². The Balaban J connectivity index is 1.55. The maximum Gasteiger partial charge on any atom is 0.316 e. The molecule has 1 aliphatic rings. The van der Waals surface area contributed by atoms with Crippen molar-refractivity contribution in [3.05, 3.63) is 58.6 Å². The predicted molar refractivity (Wildman–Crippen MR) is 95.6 cm³/mol. The number of amides is 3. The molecule has 1 aliphatic heterocycles. The predicted octanol–water partition coefficient (Wildman–Crippen LogP) is 2.70. The highest BCUT2D eigenvalue weighted by atomic mass is 35.5. The molecule has 0 aromatic heterocycles. The number of hydrogen-bond acceptors (Lipinski definition) is 3. The highest BCUT2D eigenvalue weighted by Gasteiger charge is 2.25. The van der Waals surface area contributed by atoms with Crippen LogP contribution < -0.4 is 21.1 Å². The van der Waals surface area contributed by atoms with E-state index in [9.17, 15) is 9.59 Å². The summed E-state index contributed by atoms with van der Waals surface area (Å²) >= 11 is 6.00. The molecule has 0 fully saturated rings. The first-order valence-electron chi connectivity index (χ1n) is 7.85. The Morgan fingerprint density at radius 1 is 1.20 bits per heavy atom. The molecule has 25 heavy (non-hydrogen) atoms. The minimum atomic E-state index is -0.612. The van der Waals surface area contributed by atoms with Gasteiger partial charge in [0.1, 0.15) is 12.4 Å². The van der Waals surface area contributed by atoms with E-state index >= 15 is 0 Å². The molecule has 7 heteroatoms. The molecule has 0 radical (unpaired) electrons. The second-order valence-electron chi connectivity index (χ2n) is 5.87. The molecule has 1 atom stereocenters. The average molecular weight is 360 g/mol. The standard InChI is InChI=1S/C18H18ClN3O3/c19-14-3-6-16-12(8-14)7-13(10-25-16)17(23)21-9-11-1-4-15(5-2-11)22-18(20)24/h1-6,8,13H,7,9-10H2,(H,21,23)(H3,20,22,24)/t13-/m1/s1. The largest absolute Gasteiger partial charge is 0.492 e. The number of benzene rings is 2. The van der Waals surface area contributed by atoms with Gasteiger partial charge < -0.3 is 21.1 Å². The molecule has 3 amide bonds. The number of carbonyl (C=O) groups is 2. The lowest BCUT2D eigenvalue weighted by atomic mass is 9.96. The van der Waals surface area contributed by atoms with Crippen LogP contribution in [-0.4, -0.2) is 18.5 Å². The molecule has 2 aromatic rings. The van der Waals surface area contributed by atoms with E-state index in [4.69, 9.17) is 22.1 Å². The highest BCUT2D eigenvalue weighted by molar-refractivity contribution is 6.30. The molecule has 2 aromatic carbocycles. The first kappa shape index (κ1) is 17.1. The Morgan fingerprint density at radius 2 is 1.96 bits per heavy atom. The lowest BCUT2D eigenvalue weighted by Gasteiger charge is -2.24. The van der Waals surface area contributed by atoms with E-state index < -0.39 is 6.03 Å². The van der Waals surface area contributed by atoms with Crippen molar-refractivity contribution in [2.45, 2.75) is 13.0 Å². The zero-order valence-corrected chi connectivity index (χ0v) is 14.2. The van der Waals surface area contributed by atoms with E-state index in [0.717, 1.165) is 16.9 Å². The Hall–Kier alpha value is -2.73. The summed E-state index contributed by atoms with van der Waals surface area (Å²) in [6, 6.07) is 11.9. The van der Waals surface area contributed by atoms with Crippen LogP contribution in [0.1, 0.15) is 11.1 Å². The van der Waals surface area contributed by atoms with Crippen LogP contribution in [0.2, 0.25) is 5.02 Å². The average Bonchev–Trinajstić information content (AvgIpc) is 2.59. The molecular weight excluding hydrogens is 342 g/mol. The topological polar surface area (TPSA) is 93.5 Å². The van der Waals surface area contributed by atoms with Crippen molar-refractivity contribution < 1.29 is 14.3 Å². The number of primary amides is 1. The molecule has 4 N–H and O–H groups in total. The summed E-state index contributed by atoms with van der Waals surface area (Å²) in [6.45, 7) is 0.747. The van der Waals surface area contributed by atoms with Crippen LogP contribution in [-0.2, 0) is 17.8 Å². The molecule has 1 heterocycles. The van der Waals surface area contributed by atoms with Crippen LogP contribution in [0.25, 0.3) is 0 Å². The summed E-state index contributed by atoms with van der Waals surface area (Å²) in [6.07, 6.45) is 0.600. The van der Waals surface area contributed by atoms with Gasteiger partial charge in [0, 0.05) is 17.3 Å². The van der Waals surface area contributed by atoms with Crippen molar-refractivity contribution >= 4 is 29.2 Å². The van der Waals surface area contributed by atoms with Gasteiger partial charge in [-0.05, 0) is 47.9 Å². The second-order valence-corrected chi connectivity index (χ2v) is 6.30. The lowest BCUT2D eigenvalue weighted by Crippen LogP contribution is -2.37. The maximum absolute atomic E-state index is 12.4. The number of ether oxygens (including phenoxy) is 1. The quantitative estimate of drug-likeness (QED) is 0.783. The van der Waals surface area contributed by atoms with E-state index in [0.29, 0.717) is 30.3 Å². The van der Waals surface area contributed by atoms with Gasteiger partial charge in [0.2, 0.25) is 5.91 Å². The van der Waals surface area contributed by atoms with E-state index in [2.05, 4.69) is 10.6 Å². The van der Waals surface area contributed by atoms with Crippen LogP contribution in [0.4, 0.5) is 10.5 Å². The van der Waals surface area contributed by atoms with Gasteiger partial charge in [-0.2, -0.15) is 0 Å². The van der Waals surface area contributed by atoms with Crippen molar-refractivity contribution in [3.8, 4) is 5.75 Å². The van der Waals surface area contributed by atoms with Gasteiger partial charge in [0.15, 0.2) is 0 Å². The second kappa shape index (κ2) is 7.44. The van der Waals surface area contributed by atoms with Crippen molar-refractivity contribution in [1.82, 2.24) is 5.32 Å². The SMILES string of the molecule is NC(=O)Nc1ccc(CNC(=O)[C@H]2COc3ccc(Cl)cc3C2)cc1. The van der Waals surface area contributed by atoms with Crippen molar-refractivity contribution in [2.75, 3.05) is 11.9 Å². The zero-order chi connectivity index (χ0) is 17.8. The third-order valence-electron chi connectivity index (χ3n) is 3.99. The fourth-order valence-corrected chi connectivity index (χ4v) is 2.91. The Morgan fingerprint density at radius 3 is 2.68 bits per heavy atom. The highest BCUT2D eigenvalue weighted by Crippen LogP contribution is 2.29. The van der Waals surface area contributed by atoms with E-state index in [-0.39, 0.29) is 11.8 Å². The van der Waals surface area contributed by atoms with E-state index in [1.54, 1.807) is 18.2 Å². The normalized spacial score (nSPS) is 15.6. The van der Waals surface area contributed by atoms with Gasteiger partial charge in [-0.15, -0.1) is 0 Å². The fourth-order valence-electron chi connectivity index (χ4n) is 2.71. The number of carbonyl (C=O) groups excluding carboxylic acids is 2. The molecule has 0 spiro atoms. The Labute approximate surface area is 150 Å². The smallest absolute Gasteiger partial charge is 0.316 e. The van der Waals surface area contributed by atoms with Crippen LogP contribution in [0.5, 0.6) is 5.75 Å². The third-order valence-corrected chi connectivity index (χ3v) is 4.22. The number of nitrogens with two attached hydrogens (primary N) is 1. The number of anilines is 1. The maximum atomic E-state index is 12.4. The van der Waals surface area contributed by atoms with Gasteiger partial charge >= 0.3 is 6.03 Å². The number of nitrogens with one attached hydrogen (secondary N) is 2. The summed E-state index contributed by atoms with van der Waals surface area (Å²) in [7, 11) is 0. The van der Waals surface area contributed by atoms with Gasteiger partial charge in [-0.25, -0.2) is 4.79 Å². The Bertz CT molecular complexity index is 793. The zero-order valence-electron chi connectivity index (χ0n) is 13.4. The van der Waals surface area contributed by atoms with Crippen LogP contribution in [0.3, 0.4) is 0 Å². The number of hydrogen-bond donors (Lipinski definition) is 3.